The van der Waals surface area contributed by atoms with Crippen LogP contribution >= 0.6 is 0 Å². The molecule has 0 bridgehead atoms. The van der Waals surface area contributed by atoms with Gasteiger partial charge >= 0.3 is 5.97 Å². The van der Waals surface area contributed by atoms with Crippen LogP contribution in [0, 0.1) is 26.1 Å². The molecule has 21 heavy (non-hydrogen) atoms. The molecule has 1 aromatic rings. The fourth-order valence-electron chi connectivity index (χ4n) is 1.52. The van der Waals surface area contributed by atoms with Gasteiger partial charge in [-0.3, -0.25) is 20.2 Å². The minimum atomic E-state index is -1.46. The lowest BCUT2D eigenvalue weighted by atomic mass is 10.2. The molecular weight excluding hydrogens is 280 g/mol. The van der Waals surface area contributed by atoms with Crippen LogP contribution in [0.1, 0.15) is 29.6 Å². The lowest BCUT2D eigenvalue weighted by molar-refractivity contribution is -0.394. The predicted octanol–water partition coefficient (Wildman–Crippen LogP) is 3.17. The first kappa shape index (κ1) is 16.3. The van der Waals surface area contributed by atoms with Crippen LogP contribution in [0.15, 0.2) is 30.9 Å². The van der Waals surface area contributed by atoms with Gasteiger partial charge in [0.2, 0.25) is 0 Å². The molecule has 0 amide bonds. The number of nitrogens with zero attached hydrogens (tertiary/aromatic N) is 2. The van der Waals surface area contributed by atoms with Gasteiger partial charge in [-0.15, -0.1) is 6.58 Å². The highest BCUT2D eigenvalue weighted by Gasteiger charge is 2.19. The van der Waals surface area contributed by atoms with E-state index in [1.54, 1.807) is 0 Å². The molecule has 0 aliphatic heterocycles. The molecule has 0 radical (unpaired) electrons. The highest BCUT2D eigenvalue weighted by molar-refractivity contribution is 5.89. The Morgan fingerprint density at radius 1 is 1.24 bits per heavy atom. The summed E-state index contributed by atoms with van der Waals surface area (Å²) >= 11 is 0. The van der Waals surface area contributed by atoms with E-state index in [-0.39, 0.29) is 0 Å². The van der Waals surface area contributed by atoms with E-state index < -0.39 is 32.8 Å². The average Bonchev–Trinajstić information content (AvgIpc) is 3.23. The third-order valence-corrected chi connectivity index (χ3v) is 2.77. The number of benzene rings is 1. The third-order valence-electron chi connectivity index (χ3n) is 2.77. The van der Waals surface area contributed by atoms with Crippen molar-refractivity contribution in [2.45, 2.75) is 19.3 Å². The fraction of sp³-hybridized carbons (Fsp3) is 0.308. The number of aromatic carboxylic acids is 1. The fourth-order valence-corrected chi connectivity index (χ4v) is 1.52. The molecular formula is C13H14N2O6. The topological polar surface area (TPSA) is 124 Å². The number of nitro benzene ring substituents is 2. The molecule has 1 aromatic carbocycles. The summed E-state index contributed by atoms with van der Waals surface area (Å²) in [4.78, 5) is 29.4. The zero-order chi connectivity index (χ0) is 16.0. The molecule has 0 saturated heterocycles. The lowest BCUT2D eigenvalue weighted by Gasteiger charge is -1.96. The Hall–Kier alpha value is -2.77. The van der Waals surface area contributed by atoms with Crippen molar-refractivity contribution >= 4 is 17.3 Å². The normalized spacial score (nSPS) is 12.8. The Kier molecular flexibility index (Phi) is 5.53. The number of carboxylic acid groups (broad SMARTS) is 1. The number of allylic oxidation sites excluding steroid dienone is 1. The van der Waals surface area contributed by atoms with Gasteiger partial charge in [-0.1, -0.05) is 6.08 Å². The van der Waals surface area contributed by atoms with E-state index in [1.165, 1.54) is 19.3 Å². The highest BCUT2D eigenvalue weighted by Crippen LogP contribution is 2.32. The molecule has 2 rings (SSSR count). The van der Waals surface area contributed by atoms with E-state index in [4.69, 9.17) is 5.11 Å². The summed E-state index contributed by atoms with van der Waals surface area (Å²) in [5, 5.41) is 29.2. The molecule has 1 aliphatic carbocycles. The Balaban J connectivity index is 0.000000304. The summed E-state index contributed by atoms with van der Waals surface area (Å²) in [6.45, 7) is 3.64. The molecule has 1 fully saturated rings. The molecule has 112 valence electrons. The van der Waals surface area contributed by atoms with Crippen LogP contribution in [0.25, 0.3) is 0 Å². The number of hydrogen-bond donors (Lipinski definition) is 1. The zero-order valence-corrected chi connectivity index (χ0v) is 11.1. The van der Waals surface area contributed by atoms with Crippen LogP contribution in [0.2, 0.25) is 0 Å². The van der Waals surface area contributed by atoms with E-state index in [2.05, 4.69) is 6.58 Å². The maximum atomic E-state index is 10.5. The summed E-state index contributed by atoms with van der Waals surface area (Å²) in [5.41, 5.74) is -1.74. The van der Waals surface area contributed by atoms with Crippen LogP contribution < -0.4 is 0 Å². The highest BCUT2D eigenvalue weighted by atomic mass is 16.6. The second-order valence-corrected chi connectivity index (χ2v) is 4.53. The van der Waals surface area contributed by atoms with Crippen LogP contribution in [0.3, 0.4) is 0 Å². The van der Waals surface area contributed by atoms with Crippen molar-refractivity contribution in [3.63, 3.8) is 0 Å². The Morgan fingerprint density at radius 2 is 1.71 bits per heavy atom. The number of rotatable bonds is 5. The van der Waals surface area contributed by atoms with E-state index in [9.17, 15) is 25.0 Å². The SMILES string of the molecule is C=CCC1CC1.O=C(O)c1cc([N+](=O)[O-])cc([N+](=O)[O-])c1. The minimum absolute atomic E-state index is 0.490. The monoisotopic (exact) mass is 294 g/mol. The van der Waals surface area contributed by atoms with Crippen LogP contribution in [0.5, 0.6) is 0 Å². The molecule has 8 nitrogen and oxygen atoms in total. The smallest absolute Gasteiger partial charge is 0.336 e. The molecule has 0 spiro atoms. The Morgan fingerprint density at radius 3 is 1.95 bits per heavy atom. The van der Waals surface area contributed by atoms with Crippen molar-refractivity contribution in [2.75, 3.05) is 0 Å². The predicted molar refractivity (Wildman–Crippen MR) is 74.2 cm³/mol. The molecule has 1 saturated carbocycles. The Labute approximate surface area is 120 Å². The van der Waals surface area contributed by atoms with Gasteiger partial charge in [0.05, 0.1) is 21.5 Å². The van der Waals surface area contributed by atoms with Crippen molar-refractivity contribution in [2.24, 2.45) is 5.92 Å². The average molecular weight is 294 g/mol. The second kappa shape index (κ2) is 7.13. The van der Waals surface area contributed by atoms with Crippen LogP contribution in [-0.4, -0.2) is 20.9 Å². The number of carbonyl (C=O) groups is 1. The Bertz CT molecular complexity index is 501. The molecule has 1 aliphatic rings. The largest absolute Gasteiger partial charge is 0.478 e. The number of nitro groups is 2. The van der Waals surface area contributed by atoms with Crippen LogP contribution in [0.4, 0.5) is 11.4 Å². The van der Waals surface area contributed by atoms with Gasteiger partial charge < -0.3 is 5.11 Å². The van der Waals surface area contributed by atoms with Crippen molar-refractivity contribution in [1.29, 1.82) is 0 Å². The van der Waals surface area contributed by atoms with Gasteiger partial charge in [-0.2, -0.15) is 0 Å². The standard InChI is InChI=1S/C7H4N2O6.C6H10/c10-7(11)4-1-5(8(12)13)3-6(2-4)9(14)15;1-2-3-6-4-5-6/h1-3H,(H,10,11);2,6H,1,3-5H2. The molecule has 0 unspecified atom stereocenters. The minimum Gasteiger partial charge on any atom is -0.478 e. The zero-order valence-electron chi connectivity index (χ0n) is 11.1. The van der Waals surface area contributed by atoms with Crippen molar-refractivity contribution in [3.05, 3.63) is 56.6 Å². The van der Waals surface area contributed by atoms with E-state index >= 15 is 0 Å². The van der Waals surface area contributed by atoms with Crippen molar-refractivity contribution in [3.8, 4) is 0 Å². The first-order valence-corrected chi connectivity index (χ1v) is 6.13. The van der Waals surface area contributed by atoms with Crippen molar-refractivity contribution in [1.82, 2.24) is 0 Å². The quantitative estimate of drug-likeness (QED) is 0.505. The number of carboxylic acids is 1. The summed E-state index contributed by atoms with van der Waals surface area (Å²) in [7, 11) is 0. The van der Waals surface area contributed by atoms with Gasteiger partial charge in [0.1, 0.15) is 0 Å². The summed E-state index contributed by atoms with van der Waals surface area (Å²) in [5.74, 6) is -0.427. The first-order chi connectivity index (χ1) is 9.85. The number of hydrogen-bond acceptors (Lipinski definition) is 5. The summed E-state index contributed by atoms with van der Waals surface area (Å²) < 4.78 is 0. The third kappa shape index (κ3) is 5.39. The van der Waals surface area contributed by atoms with Gasteiger partial charge in [-0.25, -0.2) is 4.79 Å². The van der Waals surface area contributed by atoms with Crippen molar-refractivity contribution < 1.29 is 19.7 Å². The van der Waals surface area contributed by atoms with Gasteiger partial charge in [0.25, 0.3) is 11.4 Å². The number of non-ortho nitro benzene ring substituents is 2. The lowest BCUT2D eigenvalue weighted by Crippen LogP contribution is -2.00. The maximum absolute atomic E-state index is 10.5. The van der Waals surface area contributed by atoms with E-state index in [0.717, 1.165) is 18.1 Å². The van der Waals surface area contributed by atoms with Crippen LogP contribution in [-0.2, 0) is 0 Å². The summed E-state index contributed by atoms with van der Waals surface area (Å²) in [6.07, 6.45) is 6.16. The van der Waals surface area contributed by atoms with E-state index in [1.807, 2.05) is 6.08 Å². The maximum Gasteiger partial charge on any atom is 0.336 e. The molecule has 0 aromatic heterocycles. The molecule has 0 atom stereocenters. The second-order valence-electron chi connectivity index (χ2n) is 4.53. The first-order valence-electron chi connectivity index (χ1n) is 6.13. The van der Waals surface area contributed by atoms with Gasteiger partial charge in [-0.05, 0) is 25.2 Å². The van der Waals surface area contributed by atoms with Gasteiger partial charge in [0, 0.05) is 12.1 Å². The summed E-state index contributed by atoms with van der Waals surface area (Å²) in [6, 6.07) is 2.22. The molecule has 0 heterocycles. The molecule has 8 heteroatoms. The molecule has 1 N–H and O–H groups in total. The van der Waals surface area contributed by atoms with Gasteiger partial charge in [0.15, 0.2) is 0 Å². The van der Waals surface area contributed by atoms with E-state index in [0.29, 0.717) is 6.07 Å².